The molecule has 1 rings (SSSR count). The first-order valence-electron chi connectivity index (χ1n) is 3.62. The van der Waals surface area contributed by atoms with Crippen molar-refractivity contribution in [1.29, 1.82) is 0 Å². The topological polar surface area (TPSA) is 32.3 Å². The summed E-state index contributed by atoms with van der Waals surface area (Å²) in [5.74, 6) is 0.446. The predicted molar refractivity (Wildman–Crippen MR) is 41.8 cm³/mol. The van der Waals surface area contributed by atoms with Gasteiger partial charge in [-0.1, -0.05) is 30.4 Å². The zero-order chi connectivity index (χ0) is 8.27. The Kier molecular flexibility index (Phi) is 6.81. The molecule has 0 fully saturated rings. The van der Waals surface area contributed by atoms with Gasteiger partial charge < -0.3 is 9.84 Å². The van der Waals surface area contributed by atoms with Gasteiger partial charge in [-0.3, -0.25) is 0 Å². The van der Waals surface area contributed by atoms with E-state index in [2.05, 4.69) is 0 Å². The van der Waals surface area contributed by atoms with Crippen LogP contribution >= 0.6 is 0 Å². The van der Waals surface area contributed by atoms with Crippen LogP contribution < -0.4 is 78.7 Å². The Bertz CT molecular complexity index is 226. The second kappa shape index (κ2) is 6.34. The van der Waals surface area contributed by atoms with E-state index in [1.165, 1.54) is 7.11 Å². The van der Waals surface area contributed by atoms with E-state index in [1.807, 2.05) is 19.1 Å². The molecule has 3 heteroatoms. The Hall–Kier alpha value is 0.872. The fourth-order valence-corrected chi connectivity index (χ4v) is 1.00. The van der Waals surface area contributed by atoms with E-state index in [9.17, 15) is 5.11 Å². The fourth-order valence-electron chi connectivity index (χ4n) is 1.00. The summed E-state index contributed by atoms with van der Waals surface area (Å²) in [5.41, 5.74) is 0.810. The summed E-state index contributed by atoms with van der Waals surface area (Å²) in [6.07, 6.45) is 0.760. The maximum Gasteiger partial charge on any atom is 1.00 e. The standard InChI is InChI=1S/C9H12O2.Cs/c1-3-7-5-4-6-8(11-2)9(7)10;/h4-6,10H,3H2,1-2H3;/q;+1/p-1. The summed E-state index contributed by atoms with van der Waals surface area (Å²) in [7, 11) is 1.51. The molecule has 0 aromatic heterocycles. The summed E-state index contributed by atoms with van der Waals surface area (Å²) in [6, 6.07) is 5.34. The number of rotatable bonds is 2. The number of para-hydroxylation sites is 1. The van der Waals surface area contributed by atoms with Crippen molar-refractivity contribution in [2.75, 3.05) is 7.11 Å². The van der Waals surface area contributed by atoms with Gasteiger partial charge in [-0.15, -0.1) is 0 Å². The molecule has 0 aliphatic heterocycles. The Morgan fingerprint density at radius 1 is 1.42 bits per heavy atom. The van der Waals surface area contributed by atoms with E-state index < -0.39 is 0 Å². The van der Waals surface area contributed by atoms with Crippen molar-refractivity contribution >= 4 is 0 Å². The molecular weight excluding hydrogens is 273 g/mol. The van der Waals surface area contributed by atoms with Gasteiger partial charge in [0.25, 0.3) is 0 Å². The molecule has 0 N–H and O–H groups in total. The van der Waals surface area contributed by atoms with Crippen LogP contribution in [0, 0.1) is 0 Å². The summed E-state index contributed by atoms with van der Waals surface area (Å²) in [4.78, 5) is 0. The maximum atomic E-state index is 11.3. The van der Waals surface area contributed by atoms with E-state index >= 15 is 0 Å². The van der Waals surface area contributed by atoms with E-state index in [4.69, 9.17) is 4.74 Å². The molecule has 12 heavy (non-hydrogen) atoms. The summed E-state index contributed by atoms with van der Waals surface area (Å²) in [6.45, 7) is 1.95. The van der Waals surface area contributed by atoms with Gasteiger partial charge in [0.2, 0.25) is 0 Å². The summed E-state index contributed by atoms with van der Waals surface area (Å²) < 4.78 is 4.87. The van der Waals surface area contributed by atoms with Gasteiger partial charge >= 0.3 is 68.9 Å². The third-order valence-corrected chi connectivity index (χ3v) is 1.66. The Labute approximate surface area is 132 Å². The molecule has 2 nitrogen and oxygen atoms in total. The van der Waals surface area contributed by atoms with E-state index in [1.54, 1.807) is 6.07 Å². The third-order valence-electron chi connectivity index (χ3n) is 1.66. The largest absolute Gasteiger partial charge is 1.00 e. The van der Waals surface area contributed by atoms with Crippen LogP contribution in [-0.2, 0) is 6.42 Å². The molecule has 0 aliphatic rings. The van der Waals surface area contributed by atoms with Crippen LogP contribution in [0.3, 0.4) is 0 Å². The SMILES string of the molecule is CCc1cccc(OC)c1[O-].[Cs+]. The van der Waals surface area contributed by atoms with Gasteiger partial charge in [-0.25, -0.2) is 0 Å². The number of methoxy groups -OCH3 is 1. The molecule has 0 saturated heterocycles. The first-order valence-corrected chi connectivity index (χ1v) is 3.62. The first kappa shape index (κ1) is 12.9. The molecule has 0 amide bonds. The average molecular weight is 284 g/mol. The monoisotopic (exact) mass is 284 g/mol. The van der Waals surface area contributed by atoms with Gasteiger partial charge in [0.05, 0.1) is 7.11 Å². The second-order valence-corrected chi connectivity index (χ2v) is 2.30. The van der Waals surface area contributed by atoms with Crippen LogP contribution in [0.25, 0.3) is 0 Å². The van der Waals surface area contributed by atoms with Gasteiger partial charge in [0.15, 0.2) is 0 Å². The molecule has 0 heterocycles. The zero-order valence-corrected chi connectivity index (χ0v) is 14.0. The van der Waals surface area contributed by atoms with Crippen LogP contribution in [0.5, 0.6) is 11.5 Å². The molecule has 1 aromatic rings. The summed E-state index contributed by atoms with van der Waals surface area (Å²) >= 11 is 0. The van der Waals surface area contributed by atoms with Crippen molar-refractivity contribution in [2.24, 2.45) is 0 Å². The van der Waals surface area contributed by atoms with Crippen LogP contribution in [0.2, 0.25) is 0 Å². The molecule has 0 radical (unpaired) electrons. The molecule has 0 spiro atoms. The molecule has 60 valence electrons. The molecule has 0 unspecified atom stereocenters. The number of hydrogen-bond donors (Lipinski definition) is 0. The van der Waals surface area contributed by atoms with Crippen molar-refractivity contribution in [2.45, 2.75) is 13.3 Å². The number of ether oxygens (including phenoxy) is 1. The van der Waals surface area contributed by atoms with Crippen molar-refractivity contribution in [3.63, 3.8) is 0 Å². The first-order chi connectivity index (χ1) is 5.29. The van der Waals surface area contributed by atoms with Crippen molar-refractivity contribution in [1.82, 2.24) is 0 Å². The Morgan fingerprint density at radius 2 is 2.08 bits per heavy atom. The van der Waals surface area contributed by atoms with Gasteiger partial charge in [0, 0.05) is 0 Å². The Balaban J connectivity index is 0.00000121. The maximum absolute atomic E-state index is 11.3. The number of aryl methyl sites for hydroxylation is 1. The average Bonchev–Trinajstić information content (AvgIpc) is 2.05. The smallest absolute Gasteiger partial charge is 0.870 e. The van der Waals surface area contributed by atoms with Crippen LogP contribution in [0.15, 0.2) is 18.2 Å². The molecule has 1 aromatic carbocycles. The van der Waals surface area contributed by atoms with Crippen molar-refractivity contribution in [3.05, 3.63) is 23.8 Å². The Morgan fingerprint density at radius 3 is 2.58 bits per heavy atom. The van der Waals surface area contributed by atoms with Crippen LogP contribution in [0.1, 0.15) is 12.5 Å². The molecular formula is C9H11CsO2. The minimum Gasteiger partial charge on any atom is -0.870 e. The third kappa shape index (κ3) is 2.97. The fraction of sp³-hybridized carbons (Fsp3) is 0.333. The minimum atomic E-state index is 0. The van der Waals surface area contributed by atoms with E-state index in [0.717, 1.165) is 12.0 Å². The zero-order valence-electron chi connectivity index (χ0n) is 7.76. The van der Waals surface area contributed by atoms with Crippen molar-refractivity contribution in [3.8, 4) is 11.5 Å². The minimum absolute atomic E-state index is 0. The number of hydrogen-bond acceptors (Lipinski definition) is 2. The summed E-state index contributed by atoms with van der Waals surface area (Å²) in [5, 5.41) is 11.3. The van der Waals surface area contributed by atoms with Gasteiger partial charge in [-0.2, -0.15) is 0 Å². The quantitative estimate of drug-likeness (QED) is 0.651. The molecule has 0 saturated carbocycles. The number of benzene rings is 1. The molecule has 0 atom stereocenters. The van der Waals surface area contributed by atoms with Crippen molar-refractivity contribution < 1.29 is 78.7 Å². The van der Waals surface area contributed by atoms with Crippen LogP contribution in [-0.4, -0.2) is 7.11 Å². The van der Waals surface area contributed by atoms with Gasteiger partial charge in [-0.05, 0) is 12.5 Å². The second-order valence-electron chi connectivity index (χ2n) is 2.30. The molecule has 0 aliphatic carbocycles. The van der Waals surface area contributed by atoms with E-state index in [-0.39, 0.29) is 74.6 Å². The van der Waals surface area contributed by atoms with Crippen LogP contribution in [0.4, 0.5) is 0 Å². The van der Waals surface area contributed by atoms with Gasteiger partial charge in [0.1, 0.15) is 5.75 Å². The predicted octanol–water partition coefficient (Wildman–Crippen LogP) is -1.66. The molecule has 0 bridgehead atoms. The van der Waals surface area contributed by atoms with E-state index in [0.29, 0.717) is 5.75 Å². The normalized spacial score (nSPS) is 8.83.